The third-order valence-corrected chi connectivity index (χ3v) is 2.91. The minimum Gasteiger partial charge on any atom is -0.264 e. The Morgan fingerprint density at radius 2 is 2.36 bits per heavy atom. The Kier molecular flexibility index (Phi) is 1.82. The first-order chi connectivity index (χ1) is 5.17. The lowest BCUT2D eigenvalue weighted by Gasteiger charge is -2.19. The Morgan fingerprint density at radius 1 is 1.64 bits per heavy atom. The Balaban J connectivity index is 2.08. The zero-order valence-corrected chi connectivity index (χ0v) is 8.84. The summed E-state index contributed by atoms with van der Waals surface area (Å²) in [5, 5.41) is 0. The van der Waals surface area contributed by atoms with Gasteiger partial charge in [0.25, 0.3) is 0 Å². The van der Waals surface area contributed by atoms with Crippen LogP contribution in [0.3, 0.4) is 0 Å². The second-order valence-corrected chi connectivity index (χ2v) is 6.11. The van der Waals surface area contributed by atoms with E-state index in [1.165, 1.54) is 18.5 Å². The van der Waals surface area contributed by atoms with Crippen LogP contribution in [0, 0.1) is 5.92 Å². The fraction of sp³-hybridized carbons (Fsp3) is 0.667. The summed E-state index contributed by atoms with van der Waals surface area (Å²) in [6, 6.07) is 0. The monoisotopic (exact) mass is 261 g/mol. The lowest BCUT2D eigenvalue weighted by Crippen LogP contribution is -2.19. The summed E-state index contributed by atoms with van der Waals surface area (Å²) < 4.78 is 0.274. The molecule has 0 spiro atoms. The number of alkyl halides is 1. The van der Waals surface area contributed by atoms with Crippen molar-refractivity contribution in [2.75, 3.05) is 0 Å². The van der Waals surface area contributed by atoms with E-state index in [-0.39, 0.29) is 3.42 Å². The molecule has 2 aliphatic rings. The quantitative estimate of drug-likeness (QED) is 0.508. The SMILES string of the molecule is C[C@@]1(I)C=NC(C2CC2)=CC1. The summed E-state index contributed by atoms with van der Waals surface area (Å²) in [6.07, 6.45) is 8.29. The summed E-state index contributed by atoms with van der Waals surface area (Å²) in [5.74, 6) is 0.818. The third kappa shape index (κ3) is 1.83. The fourth-order valence-corrected chi connectivity index (χ4v) is 1.63. The van der Waals surface area contributed by atoms with Crippen molar-refractivity contribution in [2.45, 2.75) is 29.6 Å². The molecule has 0 saturated heterocycles. The van der Waals surface area contributed by atoms with Crippen molar-refractivity contribution in [3.63, 3.8) is 0 Å². The van der Waals surface area contributed by atoms with Crippen LogP contribution < -0.4 is 0 Å². The molecule has 60 valence electrons. The molecule has 1 aliphatic heterocycles. The zero-order valence-electron chi connectivity index (χ0n) is 6.68. The molecule has 11 heavy (non-hydrogen) atoms. The summed E-state index contributed by atoms with van der Waals surface area (Å²) in [6.45, 7) is 2.22. The van der Waals surface area contributed by atoms with E-state index in [9.17, 15) is 0 Å². The molecule has 0 aromatic rings. The first-order valence-corrected chi connectivity index (χ1v) is 5.19. The summed E-state index contributed by atoms with van der Waals surface area (Å²) in [5.41, 5.74) is 1.35. The maximum atomic E-state index is 4.47. The number of rotatable bonds is 1. The molecule has 1 heterocycles. The molecule has 0 N–H and O–H groups in total. The highest BCUT2D eigenvalue weighted by Gasteiger charge is 2.29. The summed E-state index contributed by atoms with van der Waals surface area (Å²) in [7, 11) is 0. The van der Waals surface area contributed by atoms with Gasteiger partial charge in [-0.15, -0.1) is 0 Å². The van der Waals surface area contributed by atoms with E-state index in [2.05, 4.69) is 46.8 Å². The van der Waals surface area contributed by atoms with E-state index in [0.717, 1.165) is 12.3 Å². The smallest absolute Gasteiger partial charge is 0.0580 e. The van der Waals surface area contributed by atoms with Crippen LogP contribution in [0.1, 0.15) is 26.2 Å². The van der Waals surface area contributed by atoms with Crippen LogP contribution in [0.2, 0.25) is 0 Å². The van der Waals surface area contributed by atoms with Crippen molar-refractivity contribution in [1.82, 2.24) is 0 Å². The molecular weight excluding hydrogens is 249 g/mol. The van der Waals surface area contributed by atoms with Gasteiger partial charge >= 0.3 is 0 Å². The van der Waals surface area contributed by atoms with Crippen LogP contribution in [0.5, 0.6) is 0 Å². The maximum Gasteiger partial charge on any atom is 0.0580 e. The molecule has 0 aromatic carbocycles. The highest BCUT2D eigenvalue weighted by Crippen LogP contribution is 2.40. The second kappa shape index (κ2) is 2.57. The Labute approximate surface area is 81.1 Å². The Bertz CT molecular complexity index is 224. The van der Waals surface area contributed by atoms with E-state index >= 15 is 0 Å². The molecule has 0 unspecified atom stereocenters. The van der Waals surface area contributed by atoms with Gasteiger partial charge in [-0.1, -0.05) is 28.7 Å². The van der Waals surface area contributed by atoms with Gasteiger partial charge in [0.05, 0.1) is 3.42 Å². The first kappa shape index (κ1) is 7.77. The van der Waals surface area contributed by atoms with Gasteiger partial charge in [-0.05, 0) is 26.2 Å². The van der Waals surface area contributed by atoms with Gasteiger partial charge in [0.2, 0.25) is 0 Å². The Morgan fingerprint density at radius 3 is 2.82 bits per heavy atom. The zero-order chi connectivity index (χ0) is 7.90. The lowest BCUT2D eigenvalue weighted by molar-refractivity contribution is 0.840. The number of hydrogen-bond acceptors (Lipinski definition) is 1. The van der Waals surface area contributed by atoms with Crippen molar-refractivity contribution < 1.29 is 0 Å². The lowest BCUT2D eigenvalue weighted by atomic mass is 10.1. The molecular formula is C9H12IN. The van der Waals surface area contributed by atoms with E-state index in [0.29, 0.717) is 0 Å². The van der Waals surface area contributed by atoms with Crippen LogP contribution in [-0.4, -0.2) is 9.64 Å². The van der Waals surface area contributed by atoms with Gasteiger partial charge in [-0.3, -0.25) is 4.99 Å². The number of hydrogen-bond donors (Lipinski definition) is 0. The summed E-state index contributed by atoms with van der Waals surface area (Å²) >= 11 is 2.45. The van der Waals surface area contributed by atoms with Crippen LogP contribution in [0.4, 0.5) is 0 Å². The molecule has 0 radical (unpaired) electrons. The number of halogens is 1. The van der Waals surface area contributed by atoms with Gasteiger partial charge in [0.15, 0.2) is 0 Å². The van der Waals surface area contributed by atoms with E-state index in [1.807, 2.05) is 0 Å². The van der Waals surface area contributed by atoms with Crippen molar-refractivity contribution in [1.29, 1.82) is 0 Å². The summed E-state index contributed by atoms with van der Waals surface area (Å²) in [4.78, 5) is 4.47. The highest BCUT2D eigenvalue weighted by atomic mass is 127. The van der Waals surface area contributed by atoms with Crippen LogP contribution >= 0.6 is 22.6 Å². The van der Waals surface area contributed by atoms with Crippen LogP contribution in [0.25, 0.3) is 0 Å². The second-order valence-electron chi connectivity index (χ2n) is 3.64. The standard InChI is InChI=1S/C9H12IN/c1-9(10)5-4-8(11-6-9)7-2-3-7/h4,6-7H,2-3,5H2,1H3/t9-/m0/s1. The minimum absolute atomic E-state index is 0.274. The van der Waals surface area contributed by atoms with Crippen LogP contribution in [-0.2, 0) is 0 Å². The number of aliphatic imine (C=N–C) groups is 1. The van der Waals surface area contributed by atoms with Gasteiger partial charge in [0, 0.05) is 17.8 Å². The number of nitrogens with zero attached hydrogens (tertiary/aromatic N) is 1. The highest BCUT2D eigenvalue weighted by molar-refractivity contribution is 14.1. The average molecular weight is 261 g/mol. The molecule has 0 aromatic heterocycles. The van der Waals surface area contributed by atoms with E-state index in [4.69, 9.17) is 0 Å². The molecule has 0 bridgehead atoms. The molecule has 1 atom stereocenters. The molecule has 1 saturated carbocycles. The molecule has 1 nitrogen and oxygen atoms in total. The topological polar surface area (TPSA) is 12.4 Å². The van der Waals surface area contributed by atoms with E-state index < -0.39 is 0 Å². The minimum atomic E-state index is 0.274. The van der Waals surface area contributed by atoms with Crippen molar-refractivity contribution in [3.05, 3.63) is 11.8 Å². The van der Waals surface area contributed by atoms with Crippen molar-refractivity contribution >= 4 is 28.8 Å². The molecule has 0 amide bonds. The van der Waals surface area contributed by atoms with Crippen molar-refractivity contribution in [2.24, 2.45) is 10.9 Å². The predicted molar refractivity (Wildman–Crippen MR) is 56.3 cm³/mol. The maximum absolute atomic E-state index is 4.47. The van der Waals surface area contributed by atoms with Crippen molar-refractivity contribution in [3.8, 4) is 0 Å². The van der Waals surface area contributed by atoms with Crippen LogP contribution in [0.15, 0.2) is 16.8 Å². The molecule has 2 rings (SSSR count). The van der Waals surface area contributed by atoms with Gasteiger partial charge in [-0.25, -0.2) is 0 Å². The number of allylic oxidation sites excluding steroid dienone is 2. The normalized spacial score (nSPS) is 37.1. The third-order valence-electron chi connectivity index (χ3n) is 2.19. The molecule has 1 aliphatic carbocycles. The van der Waals surface area contributed by atoms with Gasteiger partial charge in [-0.2, -0.15) is 0 Å². The van der Waals surface area contributed by atoms with Gasteiger partial charge in [0.1, 0.15) is 0 Å². The predicted octanol–water partition coefficient (Wildman–Crippen LogP) is 2.95. The molecule has 1 fully saturated rings. The first-order valence-electron chi connectivity index (χ1n) is 4.12. The average Bonchev–Trinajstić information content (AvgIpc) is 2.70. The Hall–Kier alpha value is 0.140. The van der Waals surface area contributed by atoms with Gasteiger partial charge < -0.3 is 0 Å². The largest absolute Gasteiger partial charge is 0.264 e. The fourth-order valence-electron chi connectivity index (χ4n) is 1.27. The molecule has 2 heteroatoms. The van der Waals surface area contributed by atoms with E-state index in [1.54, 1.807) is 0 Å².